The Morgan fingerprint density at radius 2 is 1.96 bits per heavy atom. The van der Waals surface area contributed by atoms with Crippen molar-refractivity contribution in [1.82, 2.24) is 4.90 Å². The number of nitrogens with zero attached hydrogens (tertiary/aromatic N) is 1. The van der Waals surface area contributed by atoms with Crippen molar-refractivity contribution in [3.63, 3.8) is 0 Å². The molecule has 0 spiro atoms. The minimum atomic E-state index is -4.58. The summed E-state index contributed by atoms with van der Waals surface area (Å²) in [5.74, 6) is -0.393. The van der Waals surface area contributed by atoms with Gasteiger partial charge in [-0.05, 0) is 37.5 Å². The van der Waals surface area contributed by atoms with E-state index in [9.17, 15) is 22.8 Å². The van der Waals surface area contributed by atoms with Crippen molar-refractivity contribution in [2.75, 3.05) is 30.4 Å². The smallest absolute Gasteiger partial charge is 0.332 e. The average Bonchev–Trinajstić information content (AvgIpc) is 2.56. The van der Waals surface area contributed by atoms with Crippen LogP contribution in [-0.4, -0.2) is 47.9 Å². The highest BCUT2D eigenvalue weighted by Crippen LogP contribution is 2.34. The van der Waals surface area contributed by atoms with Gasteiger partial charge >= 0.3 is 6.18 Å². The number of benzene rings is 1. The molecule has 0 radical (unpaired) electrons. The number of likely N-dealkylation sites (N-methyl/N-ethyl adjacent to an activating group) is 1. The number of carbonyl (C=O) groups is 2. The summed E-state index contributed by atoms with van der Waals surface area (Å²) in [6, 6.07) is 3.96. The number of amides is 2. The number of rotatable bonds is 8. The fourth-order valence-corrected chi connectivity index (χ4v) is 2.64. The summed E-state index contributed by atoms with van der Waals surface area (Å²) in [7, 11) is 0. The van der Waals surface area contributed by atoms with Crippen molar-refractivity contribution in [2.45, 2.75) is 25.6 Å². The van der Waals surface area contributed by atoms with E-state index < -0.39 is 29.6 Å². The Hall–Kier alpha value is -1.74. The van der Waals surface area contributed by atoms with Crippen molar-refractivity contribution in [3.05, 3.63) is 29.8 Å². The molecule has 2 amide bonds. The van der Waals surface area contributed by atoms with Crippen LogP contribution in [0.3, 0.4) is 0 Å². The fourth-order valence-electron chi connectivity index (χ4n) is 2.15. The third-order valence-electron chi connectivity index (χ3n) is 3.48. The van der Waals surface area contributed by atoms with E-state index in [2.05, 4.69) is 5.32 Å². The van der Waals surface area contributed by atoms with E-state index in [0.29, 0.717) is 12.2 Å². The first-order valence-electron chi connectivity index (χ1n) is 7.70. The first-order chi connectivity index (χ1) is 11.7. The van der Waals surface area contributed by atoms with Crippen molar-refractivity contribution in [2.24, 2.45) is 5.73 Å². The quantitative estimate of drug-likeness (QED) is 0.730. The standard InChI is InChI=1S/C16H22F3N3O2S/c1-3-22(15(24)12(20)8-9-25-2)10-14(23)21-13-7-5-4-6-11(13)16(17,18)19/h4-7,12H,3,8-10,20H2,1-2H3,(H,21,23). The Morgan fingerprint density at radius 3 is 2.52 bits per heavy atom. The van der Waals surface area contributed by atoms with Crippen molar-refractivity contribution in [1.29, 1.82) is 0 Å². The number of para-hydroxylation sites is 1. The van der Waals surface area contributed by atoms with E-state index in [1.54, 1.807) is 18.7 Å². The number of nitrogens with two attached hydrogens (primary N) is 1. The molecule has 0 saturated carbocycles. The number of thioether (sulfide) groups is 1. The predicted molar refractivity (Wildman–Crippen MR) is 93.3 cm³/mol. The maximum absolute atomic E-state index is 12.9. The van der Waals surface area contributed by atoms with Crippen LogP contribution in [0.5, 0.6) is 0 Å². The van der Waals surface area contributed by atoms with Crippen molar-refractivity contribution in [3.8, 4) is 0 Å². The minimum absolute atomic E-state index is 0.236. The molecule has 0 aliphatic rings. The second kappa shape index (κ2) is 9.67. The van der Waals surface area contributed by atoms with Gasteiger partial charge in [0.1, 0.15) is 0 Å². The van der Waals surface area contributed by atoms with E-state index in [4.69, 9.17) is 5.73 Å². The number of anilines is 1. The lowest BCUT2D eigenvalue weighted by atomic mass is 10.1. The molecule has 1 atom stereocenters. The summed E-state index contributed by atoms with van der Waals surface area (Å²) in [6.07, 6.45) is -2.22. The Bertz CT molecular complexity index is 596. The Labute approximate surface area is 149 Å². The van der Waals surface area contributed by atoms with E-state index in [1.165, 1.54) is 23.1 Å². The maximum Gasteiger partial charge on any atom is 0.418 e. The minimum Gasteiger partial charge on any atom is -0.332 e. The summed E-state index contributed by atoms with van der Waals surface area (Å²) in [6.45, 7) is 1.56. The number of alkyl halides is 3. The summed E-state index contributed by atoms with van der Waals surface area (Å²) in [5, 5.41) is 2.22. The lowest BCUT2D eigenvalue weighted by Gasteiger charge is -2.24. The van der Waals surface area contributed by atoms with Crippen LogP contribution in [-0.2, 0) is 15.8 Å². The SMILES string of the molecule is CCN(CC(=O)Nc1ccccc1C(F)(F)F)C(=O)C(N)CCSC. The lowest BCUT2D eigenvalue weighted by Crippen LogP contribution is -2.47. The highest BCUT2D eigenvalue weighted by molar-refractivity contribution is 7.98. The zero-order valence-electron chi connectivity index (χ0n) is 14.1. The van der Waals surface area contributed by atoms with Gasteiger partial charge in [-0.2, -0.15) is 24.9 Å². The first kappa shape index (κ1) is 21.3. The molecule has 0 aliphatic carbocycles. The van der Waals surface area contributed by atoms with Crippen LogP contribution >= 0.6 is 11.8 Å². The molecule has 0 saturated heterocycles. The highest BCUT2D eigenvalue weighted by Gasteiger charge is 2.33. The summed E-state index contributed by atoms with van der Waals surface area (Å²) >= 11 is 1.55. The summed E-state index contributed by atoms with van der Waals surface area (Å²) in [4.78, 5) is 25.5. The predicted octanol–water partition coefficient (Wildman–Crippen LogP) is 2.57. The fraction of sp³-hybridized carbons (Fsp3) is 0.500. The topological polar surface area (TPSA) is 75.4 Å². The molecule has 3 N–H and O–H groups in total. The molecule has 0 heterocycles. The lowest BCUT2D eigenvalue weighted by molar-refractivity contribution is -0.137. The van der Waals surface area contributed by atoms with Crippen LogP contribution < -0.4 is 11.1 Å². The van der Waals surface area contributed by atoms with E-state index in [0.717, 1.165) is 6.07 Å². The summed E-state index contributed by atoms with van der Waals surface area (Å²) < 4.78 is 38.8. The number of nitrogens with one attached hydrogen (secondary N) is 1. The third kappa shape index (κ3) is 6.58. The number of halogens is 3. The summed E-state index contributed by atoms with van der Waals surface area (Å²) in [5.41, 5.74) is 4.53. The molecule has 9 heteroatoms. The van der Waals surface area contributed by atoms with Gasteiger partial charge in [-0.3, -0.25) is 9.59 Å². The van der Waals surface area contributed by atoms with Gasteiger partial charge in [-0.1, -0.05) is 12.1 Å². The van der Waals surface area contributed by atoms with E-state index in [-0.39, 0.29) is 18.8 Å². The monoisotopic (exact) mass is 377 g/mol. The zero-order valence-corrected chi connectivity index (χ0v) is 14.9. The Morgan fingerprint density at radius 1 is 1.32 bits per heavy atom. The second-order valence-electron chi connectivity index (χ2n) is 5.33. The number of hydrogen-bond acceptors (Lipinski definition) is 4. The molecule has 1 rings (SSSR count). The van der Waals surface area contributed by atoms with Gasteiger partial charge in [0.15, 0.2) is 0 Å². The largest absolute Gasteiger partial charge is 0.418 e. The maximum atomic E-state index is 12.9. The molecule has 1 aromatic rings. The first-order valence-corrected chi connectivity index (χ1v) is 9.09. The molecule has 0 fully saturated rings. The van der Waals surface area contributed by atoms with Gasteiger partial charge < -0.3 is 16.0 Å². The molecular formula is C16H22F3N3O2S. The van der Waals surface area contributed by atoms with E-state index >= 15 is 0 Å². The highest BCUT2D eigenvalue weighted by atomic mass is 32.2. The molecule has 5 nitrogen and oxygen atoms in total. The van der Waals surface area contributed by atoms with Gasteiger partial charge in [-0.25, -0.2) is 0 Å². The van der Waals surface area contributed by atoms with Gasteiger partial charge in [0.2, 0.25) is 11.8 Å². The molecular weight excluding hydrogens is 355 g/mol. The molecule has 0 bridgehead atoms. The van der Waals surface area contributed by atoms with Gasteiger partial charge in [-0.15, -0.1) is 0 Å². The second-order valence-corrected chi connectivity index (χ2v) is 6.32. The average molecular weight is 377 g/mol. The van der Waals surface area contributed by atoms with Gasteiger partial charge in [0.25, 0.3) is 0 Å². The normalized spacial score (nSPS) is 12.6. The van der Waals surface area contributed by atoms with Crippen LogP contribution in [0, 0.1) is 0 Å². The van der Waals surface area contributed by atoms with Crippen molar-refractivity contribution < 1.29 is 22.8 Å². The zero-order chi connectivity index (χ0) is 19.0. The third-order valence-corrected chi connectivity index (χ3v) is 4.13. The van der Waals surface area contributed by atoms with Crippen LogP contribution in [0.1, 0.15) is 18.9 Å². The van der Waals surface area contributed by atoms with Crippen molar-refractivity contribution >= 4 is 29.3 Å². The molecule has 0 aliphatic heterocycles. The molecule has 1 unspecified atom stereocenters. The van der Waals surface area contributed by atoms with Crippen LogP contribution in [0.4, 0.5) is 18.9 Å². The Kier molecular flexibility index (Phi) is 8.24. The number of carbonyl (C=O) groups excluding carboxylic acids is 2. The van der Waals surface area contributed by atoms with E-state index in [1.807, 2.05) is 6.26 Å². The van der Waals surface area contributed by atoms with Crippen LogP contribution in [0.15, 0.2) is 24.3 Å². The van der Waals surface area contributed by atoms with Gasteiger partial charge in [0.05, 0.1) is 23.8 Å². The molecule has 25 heavy (non-hydrogen) atoms. The van der Waals surface area contributed by atoms with Crippen LogP contribution in [0.2, 0.25) is 0 Å². The Balaban J connectivity index is 2.77. The van der Waals surface area contributed by atoms with Gasteiger partial charge in [0, 0.05) is 6.54 Å². The van der Waals surface area contributed by atoms with Crippen LogP contribution in [0.25, 0.3) is 0 Å². The number of hydrogen-bond donors (Lipinski definition) is 2. The molecule has 0 aromatic heterocycles. The molecule has 140 valence electrons. The molecule has 1 aromatic carbocycles.